The quantitative estimate of drug-likeness (QED) is 0.517. The van der Waals surface area contributed by atoms with Crippen molar-refractivity contribution in [2.75, 3.05) is 0 Å². The first-order chi connectivity index (χ1) is 13.1. The number of hydrogen-bond acceptors (Lipinski definition) is 8. The molecule has 0 heterocycles. The van der Waals surface area contributed by atoms with Crippen LogP contribution < -0.4 is 0 Å². The van der Waals surface area contributed by atoms with E-state index in [0.29, 0.717) is 0 Å². The zero-order valence-corrected chi connectivity index (χ0v) is 13.7. The molecule has 0 fully saturated rings. The van der Waals surface area contributed by atoms with Crippen molar-refractivity contribution in [1.82, 2.24) is 0 Å². The molecule has 0 amide bonds. The van der Waals surface area contributed by atoms with Crippen molar-refractivity contribution in [3.8, 4) is 0 Å². The van der Waals surface area contributed by atoms with E-state index in [4.69, 9.17) is 0 Å². The minimum Gasteiger partial charge on any atom is -0.258 e. The lowest BCUT2D eigenvalue weighted by atomic mass is 10.2. The molecule has 0 radical (unpaired) electrons. The van der Waals surface area contributed by atoms with Crippen molar-refractivity contribution in [2.24, 2.45) is 0 Å². The maximum absolute atomic E-state index is 12.1. The second-order valence-corrected chi connectivity index (χ2v) is 4.94. The highest BCUT2D eigenvalue weighted by Gasteiger charge is 2.24. The molecule has 0 aliphatic rings. The molecular weight excluding hydrogens is 390 g/mol. The first-order valence-corrected chi connectivity index (χ1v) is 7.07. The van der Waals surface area contributed by atoms with E-state index in [2.05, 4.69) is 0 Å². The highest BCUT2D eigenvalue weighted by atomic mass is 19.1. The van der Waals surface area contributed by atoms with Gasteiger partial charge in [0, 0.05) is 24.3 Å². The average Bonchev–Trinajstić information content (AvgIpc) is 2.67. The second-order valence-electron chi connectivity index (χ2n) is 4.94. The number of nitro benzene ring substituents is 4. The predicted molar refractivity (Wildman–Crippen MR) is 89.1 cm³/mol. The van der Waals surface area contributed by atoms with Crippen LogP contribution in [-0.4, -0.2) is 19.7 Å². The van der Waals surface area contributed by atoms with Gasteiger partial charge in [0.15, 0.2) is 0 Å². The molecule has 2 rings (SSSR count). The van der Waals surface area contributed by atoms with Crippen LogP contribution in [0.5, 0.6) is 0 Å². The summed E-state index contributed by atoms with van der Waals surface area (Å²) >= 11 is 0. The second kappa shape index (κ2) is 9.56. The molecule has 0 aliphatic heterocycles. The molecule has 2 aromatic carbocycles. The standard InChI is InChI=1S/2C7H5FN2O4/c2*8-4-5-1-2-6(9(11)12)7(3-5)10(13)14/h2*1-3H,4H2. The van der Waals surface area contributed by atoms with Gasteiger partial charge in [-0.1, -0.05) is 0 Å². The molecule has 148 valence electrons. The van der Waals surface area contributed by atoms with Crippen LogP contribution in [0.2, 0.25) is 0 Å². The Bertz CT molecular complexity index is 862. The minimum absolute atomic E-state index is 0.0438. The number of nitro groups is 4. The van der Waals surface area contributed by atoms with Crippen molar-refractivity contribution in [3.05, 3.63) is 88.0 Å². The summed E-state index contributed by atoms with van der Waals surface area (Å²) < 4.78 is 24.2. The van der Waals surface area contributed by atoms with E-state index >= 15 is 0 Å². The lowest BCUT2D eigenvalue weighted by Gasteiger charge is -1.96. The summed E-state index contributed by atoms with van der Waals surface area (Å²) in [7, 11) is 0. The molecule has 14 heteroatoms. The number of rotatable bonds is 6. The normalized spacial score (nSPS) is 9.79. The van der Waals surface area contributed by atoms with Crippen LogP contribution in [0.25, 0.3) is 0 Å². The average molecular weight is 400 g/mol. The van der Waals surface area contributed by atoms with E-state index in [1.807, 2.05) is 0 Å². The fraction of sp³-hybridized carbons (Fsp3) is 0.143. The Kier molecular flexibility index (Phi) is 7.49. The first kappa shape index (κ1) is 21.9. The third kappa shape index (κ3) is 5.45. The van der Waals surface area contributed by atoms with Crippen molar-refractivity contribution in [2.45, 2.75) is 13.3 Å². The molecule has 0 unspecified atom stereocenters. The van der Waals surface area contributed by atoms with Gasteiger partial charge in [-0.3, -0.25) is 40.5 Å². The van der Waals surface area contributed by atoms with Crippen molar-refractivity contribution in [1.29, 1.82) is 0 Å². The Morgan fingerprint density at radius 1 is 0.571 bits per heavy atom. The molecule has 0 saturated carbocycles. The summed E-state index contributed by atoms with van der Waals surface area (Å²) in [6, 6.07) is 5.85. The smallest absolute Gasteiger partial charge is 0.258 e. The number of benzene rings is 2. The van der Waals surface area contributed by atoms with Crippen molar-refractivity contribution < 1.29 is 28.5 Å². The van der Waals surface area contributed by atoms with E-state index in [1.54, 1.807) is 0 Å². The van der Waals surface area contributed by atoms with Crippen LogP contribution in [0.15, 0.2) is 36.4 Å². The summed E-state index contributed by atoms with van der Waals surface area (Å²) in [5.41, 5.74) is -2.56. The molecule has 0 spiro atoms. The molecule has 2 aromatic rings. The predicted octanol–water partition coefficient (Wildman–Crippen LogP) is 3.95. The maximum Gasteiger partial charge on any atom is 0.346 e. The van der Waals surface area contributed by atoms with Gasteiger partial charge in [0.1, 0.15) is 13.3 Å². The van der Waals surface area contributed by atoms with E-state index in [0.717, 1.165) is 36.4 Å². The van der Waals surface area contributed by atoms with Crippen LogP contribution in [0.1, 0.15) is 11.1 Å². The SMILES string of the molecule is O=[N+]([O-])c1ccc(CF)cc1[N+](=O)[O-].O=[N+]([O-])c1ccc(CF)cc1[N+](=O)[O-]. The minimum atomic E-state index is -0.905. The van der Waals surface area contributed by atoms with Gasteiger partial charge in [0.25, 0.3) is 0 Å². The Balaban J connectivity index is 0.000000280. The zero-order valence-electron chi connectivity index (χ0n) is 13.7. The maximum atomic E-state index is 12.1. The first-order valence-electron chi connectivity index (χ1n) is 7.07. The fourth-order valence-electron chi connectivity index (χ4n) is 1.91. The molecule has 0 saturated heterocycles. The third-order valence-corrected chi connectivity index (χ3v) is 3.18. The van der Waals surface area contributed by atoms with Crippen LogP contribution in [-0.2, 0) is 13.3 Å². The number of halogens is 2. The number of hydrogen-bond donors (Lipinski definition) is 0. The van der Waals surface area contributed by atoms with Crippen LogP contribution in [0.4, 0.5) is 31.5 Å². The third-order valence-electron chi connectivity index (χ3n) is 3.18. The molecule has 0 aliphatic carbocycles. The highest BCUT2D eigenvalue weighted by Crippen LogP contribution is 2.28. The van der Waals surface area contributed by atoms with E-state index in [9.17, 15) is 49.2 Å². The Morgan fingerprint density at radius 2 is 0.857 bits per heavy atom. The van der Waals surface area contributed by atoms with E-state index in [1.165, 1.54) is 0 Å². The lowest BCUT2D eigenvalue weighted by molar-refractivity contribution is -0.422. The molecule has 12 nitrogen and oxygen atoms in total. The zero-order chi connectivity index (χ0) is 21.4. The van der Waals surface area contributed by atoms with Gasteiger partial charge in [-0.25, -0.2) is 8.78 Å². The molecule has 0 atom stereocenters. The number of nitrogens with zero attached hydrogens (tertiary/aromatic N) is 4. The van der Waals surface area contributed by atoms with Crippen LogP contribution in [0, 0.1) is 40.5 Å². The summed E-state index contributed by atoms with van der Waals surface area (Å²) in [5, 5.41) is 41.4. The van der Waals surface area contributed by atoms with Crippen LogP contribution in [0.3, 0.4) is 0 Å². The molecule has 28 heavy (non-hydrogen) atoms. The van der Waals surface area contributed by atoms with Gasteiger partial charge >= 0.3 is 22.7 Å². The summed E-state index contributed by atoms with van der Waals surface area (Å²) in [6.45, 7) is -1.78. The van der Waals surface area contributed by atoms with Gasteiger partial charge in [-0.2, -0.15) is 0 Å². The van der Waals surface area contributed by atoms with Crippen molar-refractivity contribution >= 4 is 22.7 Å². The topological polar surface area (TPSA) is 173 Å². The largest absolute Gasteiger partial charge is 0.346 e. The Morgan fingerprint density at radius 3 is 1.07 bits per heavy atom. The summed E-state index contributed by atoms with van der Waals surface area (Å²) in [4.78, 5) is 37.9. The van der Waals surface area contributed by atoms with Crippen molar-refractivity contribution in [3.63, 3.8) is 0 Å². The van der Waals surface area contributed by atoms with E-state index < -0.39 is 55.8 Å². The molecule has 0 bridgehead atoms. The highest BCUT2D eigenvalue weighted by molar-refractivity contribution is 5.54. The summed E-state index contributed by atoms with van der Waals surface area (Å²) in [5.74, 6) is 0. The lowest BCUT2D eigenvalue weighted by Crippen LogP contribution is -1.97. The van der Waals surface area contributed by atoms with E-state index in [-0.39, 0.29) is 11.1 Å². The molecule has 0 aromatic heterocycles. The van der Waals surface area contributed by atoms with Gasteiger partial charge in [-0.05, 0) is 23.3 Å². The van der Waals surface area contributed by atoms with Gasteiger partial charge < -0.3 is 0 Å². The van der Waals surface area contributed by atoms with Gasteiger partial charge in [-0.15, -0.1) is 0 Å². The van der Waals surface area contributed by atoms with Gasteiger partial charge in [0.05, 0.1) is 19.7 Å². The Hall–Kier alpha value is -4.10. The number of alkyl halides is 2. The Labute approximate surface area is 153 Å². The molecular formula is C14H10F2N4O8. The monoisotopic (exact) mass is 400 g/mol. The fourth-order valence-corrected chi connectivity index (χ4v) is 1.91. The summed E-state index contributed by atoms with van der Waals surface area (Å²) in [6.07, 6.45) is 0. The molecule has 0 N–H and O–H groups in total. The van der Waals surface area contributed by atoms with Gasteiger partial charge in [0.2, 0.25) is 0 Å². The van der Waals surface area contributed by atoms with Crippen LogP contribution >= 0.6 is 0 Å².